The molecule has 4 N–H and O–H groups in total. The molecule has 2 aromatic rings. The van der Waals surface area contributed by atoms with E-state index in [2.05, 4.69) is 21.3 Å². The van der Waals surface area contributed by atoms with E-state index in [9.17, 15) is 9.59 Å². The van der Waals surface area contributed by atoms with Crippen LogP contribution >= 0.6 is 0 Å². The van der Waals surface area contributed by atoms with Crippen molar-refractivity contribution >= 4 is 23.4 Å². The van der Waals surface area contributed by atoms with Gasteiger partial charge >= 0.3 is 12.1 Å². The lowest BCUT2D eigenvalue weighted by Gasteiger charge is -2.09. The lowest BCUT2D eigenvalue weighted by Crippen LogP contribution is -2.30. The molecule has 8 heteroatoms. The van der Waals surface area contributed by atoms with Gasteiger partial charge in [0.05, 0.1) is 14.2 Å². The quantitative estimate of drug-likeness (QED) is 0.414. The Morgan fingerprint density at radius 2 is 1.00 bits per heavy atom. The lowest BCUT2D eigenvalue weighted by molar-refractivity contribution is 0.250. The fraction of sp³-hybridized carbons (Fsp3) is 0.364. The number of rotatable bonds is 11. The second-order valence-corrected chi connectivity index (χ2v) is 6.63. The van der Waals surface area contributed by atoms with Crippen LogP contribution in [-0.4, -0.2) is 39.4 Å². The van der Waals surface area contributed by atoms with E-state index in [1.807, 2.05) is 0 Å². The van der Waals surface area contributed by atoms with Crippen molar-refractivity contribution in [2.75, 3.05) is 37.9 Å². The summed E-state index contributed by atoms with van der Waals surface area (Å²) in [5, 5.41) is 11.2. The highest BCUT2D eigenvalue weighted by Crippen LogP contribution is 2.15. The van der Waals surface area contributed by atoms with Crippen LogP contribution in [0.1, 0.15) is 25.7 Å². The lowest BCUT2D eigenvalue weighted by atomic mass is 10.2. The van der Waals surface area contributed by atoms with Gasteiger partial charge in [-0.25, -0.2) is 9.59 Å². The SMILES string of the molecule is COc1ccc(NC(=O)NCCCCCCNC(=O)Nc2ccc(OC)cc2)cc1. The molecule has 0 atom stereocenters. The molecule has 0 bridgehead atoms. The van der Waals surface area contributed by atoms with Crippen LogP contribution < -0.4 is 30.7 Å². The van der Waals surface area contributed by atoms with Gasteiger partial charge in [0.15, 0.2) is 0 Å². The van der Waals surface area contributed by atoms with Crippen molar-refractivity contribution < 1.29 is 19.1 Å². The molecule has 0 aliphatic heterocycles. The van der Waals surface area contributed by atoms with Crippen LogP contribution in [0.15, 0.2) is 48.5 Å². The Labute approximate surface area is 177 Å². The minimum absolute atomic E-state index is 0.225. The highest BCUT2D eigenvalue weighted by Gasteiger charge is 2.03. The first-order chi connectivity index (χ1) is 14.6. The molecule has 0 unspecified atom stereocenters. The highest BCUT2D eigenvalue weighted by molar-refractivity contribution is 5.89. The summed E-state index contributed by atoms with van der Waals surface area (Å²) in [6.07, 6.45) is 3.72. The van der Waals surface area contributed by atoms with Gasteiger partial charge < -0.3 is 30.7 Å². The third kappa shape index (κ3) is 8.72. The molecule has 0 fully saturated rings. The van der Waals surface area contributed by atoms with E-state index < -0.39 is 0 Å². The summed E-state index contributed by atoms with van der Waals surface area (Å²) < 4.78 is 10.2. The number of methoxy groups -OCH3 is 2. The molecule has 0 aliphatic carbocycles. The monoisotopic (exact) mass is 414 g/mol. The van der Waals surface area contributed by atoms with Crippen molar-refractivity contribution in [3.05, 3.63) is 48.5 Å². The molecule has 4 amide bonds. The van der Waals surface area contributed by atoms with Crippen LogP contribution in [0.4, 0.5) is 21.0 Å². The third-order valence-corrected chi connectivity index (χ3v) is 4.37. The largest absolute Gasteiger partial charge is 0.497 e. The van der Waals surface area contributed by atoms with Gasteiger partial charge in [0.1, 0.15) is 11.5 Å². The summed E-state index contributed by atoms with van der Waals surface area (Å²) in [4.78, 5) is 23.7. The first kappa shape index (κ1) is 22.9. The average Bonchev–Trinajstić information content (AvgIpc) is 2.76. The zero-order valence-electron chi connectivity index (χ0n) is 17.5. The fourth-order valence-corrected chi connectivity index (χ4v) is 2.71. The molecule has 0 radical (unpaired) electrons. The number of hydrogen-bond acceptors (Lipinski definition) is 4. The number of carbonyl (C=O) groups is 2. The predicted molar refractivity (Wildman–Crippen MR) is 118 cm³/mol. The van der Waals surface area contributed by atoms with Gasteiger partial charge in [0.25, 0.3) is 0 Å². The normalized spacial score (nSPS) is 10.1. The van der Waals surface area contributed by atoms with Gasteiger partial charge in [-0.1, -0.05) is 12.8 Å². The third-order valence-electron chi connectivity index (χ3n) is 4.37. The summed E-state index contributed by atoms with van der Waals surface area (Å²) >= 11 is 0. The van der Waals surface area contributed by atoms with E-state index in [1.54, 1.807) is 62.8 Å². The summed E-state index contributed by atoms with van der Waals surface area (Å²) in [6, 6.07) is 13.9. The number of benzene rings is 2. The summed E-state index contributed by atoms with van der Waals surface area (Å²) in [7, 11) is 3.20. The molecular weight excluding hydrogens is 384 g/mol. The highest BCUT2D eigenvalue weighted by atomic mass is 16.5. The maximum Gasteiger partial charge on any atom is 0.319 e. The molecule has 0 heterocycles. The smallest absolute Gasteiger partial charge is 0.319 e. The summed E-state index contributed by atoms with van der Waals surface area (Å²) in [5.41, 5.74) is 1.43. The molecule has 0 aliphatic rings. The van der Waals surface area contributed by atoms with Crippen molar-refractivity contribution in [1.29, 1.82) is 0 Å². The molecule has 0 saturated heterocycles. The number of amides is 4. The van der Waals surface area contributed by atoms with Crippen molar-refractivity contribution in [2.45, 2.75) is 25.7 Å². The number of ether oxygens (including phenoxy) is 2. The number of carbonyl (C=O) groups excluding carboxylic acids is 2. The van der Waals surface area contributed by atoms with Crippen molar-refractivity contribution in [3.63, 3.8) is 0 Å². The van der Waals surface area contributed by atoms with Crippen LogP contribution in [0.5, 0.6) is 11.5 Å². The fourth-order valence-electron chi connectivity index (χ4n) is 2.71. The second kappa shape index (κ2) is 12.9. The maximum absolute atomic E-state index is 11.8. The van der Waals surface area contributed by atoms with Gasteiger partial charge in [0.2, 0.25) is 0 Å². The van der Waals surface area contributed by atoms with E-state index in [0.717, 1.165) is 37.2 Å². The number of unbranched alkanes of at least 4 members (excludes halogenated alkanes) is 3. The van der Waals surface area contributed by atoms with Gasteiger partial charge in [-0.15, -0.1) is 0 Å². The van der Waals surface area contributed by atoms with E-state index in [0.29, 0.717) is 24.5 Å². The van der Waals surface area contributed by atoms with E-state index in [4.69, 9.17) is 9.47 Å². The first-order valence-electron chi connectivity index (χ1n) is 9.98. The molecule has 0 spiro atoms. The van der Waals surface area contributed by atoms with Gasteiger partial charge in [-0.05, 0) is 61.4 Å². The minimum atomic E-state index is -0.225. The Bertz CT molecular complexity index is 711. The molecule has 2 aromatic carbocycles. The molecule has 2 rings (SSSR count). The molecule has 0 saturated carbocycles. The van der Waals surface area contributed by atoms with E-state index in [1.165, 1.54) is 0 Å². The zero-order chi connectivity index (χ0) is 21.6. The van der Waals surface area contributed by atoms with Crippen LogP contribution in [0.2, 0.25) is 0 Å². The molecule has 162 valence electrons. The first-order valence-corrected chi connectivity index (χ1v) is 9.98. The standard InChI is InChI=1S/C22H30N4O4/c1-29-19-11-7-17(8-12-19)25-21(27)23-15-5-3-4-6-16-24-22(28)26-18-9-13-20(30-2)14-10-18/h7-14H,3-6,15-16H2,1-2H3,(H2,23,25,27)(H2,24,26,28). The van der Waals surface area contributed by atoms with E-state index >= 15 is 0 Å². The Kier molecular flexibility index (Phi) is 9.85. The predicted octanol–water partition coefficient (Wildman–Crippen LogP) is 4.21. The van der Waals surface area contributed by atoms with Crippen LogP contribution in [0.25, 0.3) is 0 Å². The van der Waals surface area contributed by atoms with Crippen LogP contribution in [-0.2, 0) is 0 Å². The maximum atomic E-state index is 11.8. The van der Waals surface area contributed by atoms with E-state index in [-0.39, 0.29) is 12.1 Å². The van der Waals surface area contributed by atoms with Gasteiger partial charge in [0, 0.05) is 24.5 Å². The molecular formula is C22H30N4O4. The number of nitrogens with one attached hydrogen (secondary N) is 4. The average molecular weight is 415 g/mol. The Morgan fingerprint density at radius 1 is 0.633 bits per heavy atom. The minimum Gasteiger partial charge on any atom is -0.497 e. The van der Waals surface area contributed by atoms with Gasteiger partial charge in [-0.2, -0.15) is 0 Å². The molecule has 30 heavy (non-hydrogen) atoms. The number of anilines is 2. The summed E-state index contributed by atoms with van der Waals surface area (Å²) in [5.74, 6) is 1.49. The number of hydrogen-bond donors (Lipinski definition) is 4. The van der Waals surface area contributed by atoms with Crippen molar-refractivity contribution in [2.24, 2.45) is 0 Å². The Hall–Kier alpha value is -3.42. The Balaban J connectivity index is 1.47. The number of urea groups is 2. The van der Waals surface area contributed by atoms with Crippen LogP contribution in [0.3, 0.4) is 0 Å². The van der Waals surface area contributed by atoms with Crippen LogP contribution in [0, 0.1) is 0 Å². The summed E-state index contributed by atoms with van der Waals surface area (Å²) in [6.45, 7) is 1.21. The van der Waals surface area contributed by atoms with Crippen molar-refractivity contribution in [1.82, 2.24) is 10.6 Å². The Morgan fingerprint density at radius 3 is 1.33 bits per heavy atom. The topological polar surface area (TPSA) is 101 Å². The zero-order valence-corrected chi connectivity index (χ0v) is 17.5. The molecule has 8 nitrogen and oxygen atoms in total. The van der Waals surface area contributed by atoms with Gasteiger partial charge in [-0.3, -0.25) is 0 Å². The van der Waals surface area contributed by atoms with Crippen molar-refractivity contribution in [3.8, 4) is 11.5 Å². The molecule has 0 aromatic heterocycles. The second-order valence-electron chi connectivity index (χ2n) is 6.63.